The number of anilines is 1. The van der Waals surface area contributed by atoms with Gasteiger partial charge >= 0.3 is 0 Å². The summed E-state index contributed by atoms with van der Waals surface area (Å²) in [5.41, 5.74) is 8.65. The van der Waals surface area contributed by atoms with Crippen molar-refractivity contribution in [1.29, 1.82) is 0 Å². The highest BCUT2D eigenvalue weighted by molar-refractivity contribution is 7.99. The molecule has 1 aliphatic carbocycles. The largest absolute Gasteiger partial charge is 0.399 e. The lowest BCUT2D eigenvalue weighted by Crippen LogP contribution is -2.36. The second-order valence-corrected chi connectivity index (χ2v) is 5.67. The van der Waals surface area contributed by atoms with Crippen molar-refractivity contribution in [2.45, 2.75) is 31.6 Å². The van der Waals surface area contributed by atoms with Crippen molar-refractivity contribution in [3.05, 3.63) is 29.8 Å². The number of nitrogens with two attached hydrogens (primary N) is 1. The van der Waals surface area contributed by atoms with E-state index in [9.17, 15) is 0 Å². The van der Waals surface area contributed by atoms with Crippen LogP contribution in [0.15, 0.2) is 24.3 Å². The van der Waals surface area contributed by atoms with Crippen LogP contribution >= 0.6 is 11.8 Å². The fraction of sp³-hybridized carbons (Fsp3) is 0.538. The summed E-state index contributed by atoms with van der Waals surface area (Å²) in [5.74, 6) is 2.47. The van der Waals surface area contributed by atoms with Crippen LogP contribution in [0.2, 0.25) is 0 Å². The first-order valence-corrected chi connectivity index (χ1v) is 6.86. The van der Waals surface area contributed by atoms with E-state index < -0.39 is 0 Å². The van der Waals surface area contributed by atoms with Crippen LogP contribution in [0.3, 0.4) is 0 Å². The van der Waals surface area contributed by atoms with Crippen LogP contribution in [0.1, 0.15) is 31.7 Å². The molecule has 0 bridgehead atoms. The normalized spacial score (nSPS) is 18.5. The molecule has 15 heavy (non-hydrogen) atoms. The molecule has 1 fully saturated rings. The summed E-state index contributed by atoms with van der Waals surface area (Å²) in [6.45, 7) is 2.23. The molecule has 1 aliphatic rings. The average molecular weight is 221 g/mol. The average Bonchev–Trinajstić information content (AvgIpc) is 2.16. The van der Waals surface area contributed by atoms with Crippen LogP contribution < -0.4 is 5.73 Å². The van der Waals surface area contributed by atoms with Crippen LogP contribution in [-0.2, 0) is 5.41 Å². The second kappa shape index (κ2) is 4.48. The Hall–Kier alpha value is -0.630. The molecule has 1 saturated carbocycles. The van der Waals surface area contributed by atoms with Crippen molar-refractivity contribution < 1.29 is 0 Å². The molecule has 2 N–H and O–H groups in total. The lowest BCUT2D eigenvalue weighted by Gasteiger charge is -2.42. The zero-order valence-electron chi connectivity index (χ0n) is 9.33. The van der Waals surface area contributed by atoms with E-state index in [1.165, 1.54) is 36.3 Å². The first-order valence-electron chi connectivity index (χ1n) is 5.71. The summed E-state index contributed by atoms with van der Waals surface area (Å²) in [6.07, 6.45) is 4.05. The van der Waals surface area contributed by atoms with Gasteiger partial charge in [-0.15, -0.1) is 0 Å². The molecule has 1 nitrogen and oxygen atoms in total. The first-order chi connectivity index (χ1) is 7.27. The molecule has 0 aliphatic heterocycles. The highest BCUT2D eigenvalue weighted by atomic mass is 32.2. The van der Waals surface area contributed by atoms with E-state index in [-0.39, 0.29) is 0 Å². The van der Waals surface area contributed by atoms with Gasteiger partial charge in [-0.05, 0) is 36.3 Å². The van der Waals surface area contributed by atoms with Crippen LogP contribution in [0.25, 0.3) is 0 Å². The Balaban J connectivity index is 2.18. The number of benzene rings is 1. The molecule has 0 heterocycles. The Morgan fingerprint density at radius 2 is 2.20 bits per heavy atom. The van der Waals surface area contributed by atoms with Crippen molar-refractivity contribution >= 4 is 17.4 Å². The number of thioether (sulfide) groups is 1. The van der Waals surface area contributed by atoms with E-state index in [1.54, 1.807) is 0 Å². The lowest BCUT2D eigenvalue weighted by molar-refractivity contribution is 0.279. The summed E-state index contributed by atoms with van der Waals surface area (Å²) >= 11 is 2.05. The molecular formula is C13H19NS. The molecule has 2 heteroatoms. The molecule has 0 aromatic heterocycles. The molecule has 82 valence electrons. The molecule has 0 radical (unpaired) electrons. The minimum atomic E-state index is 0.441. The van der Waals surface area contributed by atoms with Gasteiger partial charge in [0, 0.05) is 16.9 Å². The van der Waals surface area contributed by atoms with Gasteiger partial charge in [0.1, 0.15) is 0 Å². The van der Waals surface area contributed by atoms with Gasteiger partial charge in [-0.25, -0.2) is 0 Å². The van der Waals surface area contributed by atoms with Crippen molar-refractivity contribution in [3.63, 3.8) is 0 Å². The van der Waals surface area contributed by atoms with Crippen LogP contribution in [0.4, 0.5) is 5.69 Å². The number of hydrogen-bond acceptors (Lipinski definition) is 2. The van der Waals surface area contributed by atoms with Crippen molar-refractivity contribution in [1.82, 2.24) is 0 Å². The summed E-state index contributed by atoms with van der Waals surface area (Å²) in [5, 5.41) is 0. The maximum Gasteiger partial charge on any atom is 0.0316 e. The predicted molar refractivity (Wildman–Crippen MR) is 69.4 cm³/mol. The van der Waals surface area contributed by atoms with E-state index in [0.717, 1.165) is 5.69 Å². The van der Waals surface area contributed by atoms with Crippen LogP contribution in [0.5, 0.6) is 0 Å². The van der Waals surface area contributed by atoms with E-state index in [1.807, 2.05) is 6.07 Å². The van der Waals surface area contributed by atoms with E-state index in [2.05, 4.69) is 36.9 Å². The maximum atomic E-state index is 5.86. The molecular weight excluding hydrogens is 202 g/mol. The fourth-order valence-electron chi connectivity index (χ4n) is 2.29. The highest BCUT2D eigenvalue weighted by Gasteiger charge is 2.38. The number of rotatable bonds is 4. The molecule has 0 atom stereocenters. The van der Waals surface area contributed by atoms with E-state index in [0.29, 0.717) is 5.41 Å². The monoisotopic (exact) mass is 221 g/mol. The van der Waals surface area contributed by atoms with Gasteiger partial charge in [0.05, 0.1) is 0 Å². The van der Waals surface area contributed by atoms with Crippen LogP contribution in [0, 0.1) is 0 Å². The van der Waals surface area contributed by atoms with Gasteiger partial charge in [0.25, 0.3) is 0 Å². The van der Waals surface area contributed by atoms with Crippen molar-refractivity contribution in [2.24, 2.45) is 0 Å². The summed E-state index contributed by atoms with van der Waals surface area (Å²) in [6, 6.07) is 8.46. The van der Waals surface area contributed by atoms with Gasteiger partial charge in [0.2, 0.25) is 0 Å². The van der Waals surface area contributed by atoms with Gasteiger partial charge in [-0.1, -0.05) is 25.5 Å². The highest BCUT2D eigenvalue weighted by Crippen LogP contribution is 2.46. The summed E-state index contributed by atoms with van der Waals surface area (Å²) in [7, 11) is 0. The predicted octanol–water partition coefficient (Wildman–Crippen LogP) is 3.44. The van der Waals surface area contributed by atoms with Gasteiger partial charge < -0.3 is 5.73 Å². The molecule has 0 spiro atoms. The molecule has 0 amide bonds. The Morgan fingerprint density at radius 3 is 2.73 bits per heavy atom. The summed E-state index contributed by atoms with van der Waals surface area (Å²) < 4.78 is 0. The second-order valence-electron chi connectivity index (χ2n) is 4.40. The molecule has 1 aromatic rings. The topological polar surface area (TPSA) is 26.0 Å². The Kier molecular flexibility index (Phi) is 3.25. The third kappa shape index (κ3) is 2.15. The smallest absolute Gasteiger partial charge is 0.0316 e. The molecule has 0 unspecified atom stereocenters. The SMILES string of the molecule is CCSCC1(c2cccc(N)c2)CCC1. The first kappa shape index (κ1) is 10.9. The van der Waals surface area contributed by atoms with Gasteiger partial charge in [0.15, 0.2) is 0 Å². The van der Waals surface area contributed by atoms with Crippen LogP contribution in [-0.4, -0.2) is 11.5 Å². The fourth-order valence-corrected chi connectivity index (χ4v) is 3.34. The molecule has 0 saturated heterocycles. The molecule has 1 aromatic carbocycles. The van der Waals surface area contributed by atoms with E-state index >= 15 is 0 Å². The standard InChI is InChI=1S/C13H19NS/c1-2-15-10-13(7-4-8-13)11-5-3-6-12(14)9-11/h3,5-6,9H,2,4,7-8,10,14H2,1H3. The third-order valence-corrected chi connectivity index (χ3v) is 4.56. The van der Waals surface area contributed by atoms with Crippen molar-refractivity contribution in [3.8, 4) is 0 Å². The lowest BCUT2D eigenvalue weighted by atomic mass is 9.66. The number of nitrogen functional groups attached to an aromatic ring is 1. The number of hydrogen-bond donors (Lipinski definition) is 1. The zero-order chi connectivity index (χ0) is 10.7. The Labute approximate surface area is 96.4 Å². The van der Waals surface area contributed by atoms with Crippen molar-refractivity contribution in [2.75, 3.05) is 17.2 Å². The quantitative estimate of drug-likeness (QED) is 0.788. The summed E-state index contributed by atoms with van der Waals surface area (Å²) in [4.78, 5) is 0. The Bertz CT molecular complexity index is 331. The minimum absolute atomic E-state index is 0.441. The third-order valence-electron chi connectivity index (χ3n) is 3.39. The maximum absolute atomic E-state index is 5.86. The van der Waals surface area contributed by atoms with Gasteiger partial charge in [-0.2, -0.15) is 11.8 Å². The minimum Gasteiger partial charge on any atom is -0.399 e. The Morgan fingerprint density at radius 1 is 1.40 bits per heavy atom. The zero-order valence-corrected chi connectivity index (χ0v) is 10.1. The molecule has 2 rings (SSSR count). The van der Waals surface area contributed by atoms with Gasteiger partial charge in [-0.3, -0.25) is 0 Å². The van der Waals surface area contributed by atoms with E-state index in [4.69, 9.17) is 5.73 Å².